The van der Waals surface area contributed by atoms with Gasteiger partial charge < -0.3 is 5.32 Å². The second-order valence-corrected chi connectivity index (χ2v) is 12.1. The fourth-order valence-electron chi connectivity index (χ4n) is 5.90. The SMILES string of the molecule is C[S@](=O)c1ccc(-c2cccnc2[C@H](Cc2cc(F)cc(F)c2)NC(=O)Cn2nc(C(F)F)c3c2C(F)(F)C2CC32)cc1. The molecule has 0 bridgehead atoms. The number of hydrogen-bond donors (Lipinski definition) is 1. The number of benzene rings is 2. The molecule has 2 aromatic carbocycles. The Kier molecular flexibility index (Phi) is 7.39. The molecule has 13 heteroatoms. The van der Waals surface area contributed by atoms with Crippen LogP contribution in [0.4, 0.5) is 26.3 Å². The quantitative estimate of drug-likeness (QED) is 0.227. The Balaban J connectivity index is 1.35. The fraction of sp³-hybridized carbons (Fsp3) is 0.300. The van der Waals surface area contributed by atoms with Crippen LogP contribution in [-0.2, 0) is 34.5 Å². The van der Waals surface area contributed by atoms with Gasteiger partial charge in [-0.25, -0.2) is 17.6 Å². The summed E-state index contributed by atoms with van der Waals surface area (Å²) in [5.74, 6) is -7.71. The monoisotopic (exact) mass is 618 g/mol. The van der Waals surface area contributed by atoms with E-state index in [1.165, 1.54) is 12.5 Å². The second kappa shape index (κ2) is 10.9. The number of aromatic nitrogens is 3. The molecule has 0 saturated heterocycles. The highest BCUT2D eigenvalue weighted by atomic mass is 32.2. The largest absolute Gasteiger partial charge is 0.346 e. The summed E-state index contributed by atoms with van der Waals surface area (Å²) >= 11 is 0. The second-order valence-electron chi connectivity index (χ2n) is 10.7. The van der Waals surface area contributed by atoms with Crippen molar-refractivity contribution in [3.63, 3.8) is 0 Å². The van der Waals surface area contributed by atoms with Gasteiger partial charge in [0.2, 0.25) is 5.91 Å². The van der Waals surface area contributed by atoms with Crippen molar-refractivity contribution >= 4 is 16.7 Å². The van der Waals surface area contributed by atoms with Crippen LogP contribution in [0.25, 0.3) is 11.1 Å². The highest BCUT2D eigenvalue weighted by Gasteiger charge is 2.67. The molecule has 2 unspecified atom stereocenters. The van der Waals surface area contributed by atoms with Crippen LogP contribution >= 0.6 is 0 Å². The molecule has 6 nitrogen and oxygen atoms in total. The lowest BCUT2D eigenvalue weighted by molar-refractivity contribution is -0.123. The Hall–Kier alpha value is -4.00. The molecule has 1 amide bonds. The molecule has 6 rings (SSSR count). The standard InChI is InChI=1S/C30H24F6N4O2S/c1-43(42)19-6-4-16(5-7-19)20-3-2-8-37-26(20)23(11-15-9-17(31)12-18(32)10-15)38-24(41)14-40-28-25(27(39-40)29(33)34)21-13-22(21)30(28,35)36/h2-10,12,21-23,29H,11,13-14H2,1H3,(H,38,41)/t21?,22?,23-,43-/m0/s1. The average Bonchev–Trinajstić information content (AvgIpc) is 3.61. The molecular formula is C30H24F6N4O2S. The van der Waals surface area contributed by atoms with Gasteiger partial charge in [-0.2, -0.15) is 13.9 Å². The van der Waals surface area contributed by atoms with Crippen LogP contribution in [0.2, 0.25) is 0 Å². The van der Waals surface area contributed by atoms with Crippen molar-refractivity contribution in [1.29, 1.82) is 0 Å². The lowest BCUT2D eigenvalue weighted by atomic mass is 9.95. The first-order valence-electron chi connectivity index (χ1n) is 13.3. The molecule has 2 aliphatic rings. The lowest BCUT2D eigenvalue weighted by Gasteiger charge is -2.22. The molecule has 0 spiro atoms. The van der Waals surface area contributed by atoms with E-state index in [1.807, 2.05) is 0 Å². The highest BCUT2D eigenvalue weighted by Crippen LogP contribution is 2.68. The maximum absolute atomic E-state index is 15.0. The number of nitrogens with one attached hydrogen (secondary N) is 1. The number of alkyl halides is 4. The van der Waals surface area contributed by atoms with E-state index in [-0.39, 0.29) is 24.0 Å². The fourth-order valence-corrected chi connectivity index (χ4v) is 6.42. The van der Waals surface area contributed by atoms with Crippen LogP contribution in [-0.4, -0.2) is 31.1 Å². The van der Waals surface area contributed by atoms with Crippen molar-refractivity contribution in [2.45, 2.75) is 48.6 Å². The summed E-state index contributed by atoms with van der Waals surface area (Å²) in [5.41, 5.74) is 0.0711. The van der Waals surface area contributed by atoms with Gasteiger partial charge in [-0.1, -0.05) is 18.2 Å². The minimum absolute atomic E-state index is 0.0848. The van der Waals surface area contributed by atoms with E-state index in [0.29, 0.717) is 32.5 Å². The summed E-state index contributed by atoms with van der Waals surface area (Å²) in [7, 11) is -1.23. The molecule has 4 atom stereocenters. The van der Waals surface area contributed by atoms with Crippen LogP contribution in [0.5, 0.6) is 0 Å². The summed E-state index contributed by atoms with van der Waals surface area (Å²) in [4.78, 5) is 18.4. The van der Waals surface area contributed by atoms with Crippen LogP contribution < -0.4 is 5.32 Å². The third-order valence-corrected chi connectivity index (χ3v) is 8.76. The van der Waals surface area contributed by atoms with Gasteiger partial charge in [0.1, 0.15) is 29.6 Å². The van der Waals surface area contributed by atoms with E-state index < -0.39 is 76.5 Å². The third kappa shape index (κ3) is 5.46. The van der Waals surface area contributed by atoms with Gasteiger partial charge in [0.05, 0.1) is 11.7 Å². The van der Waals surface area contributed by atoms with Crippen LogP contribution in [0.15, 0.2) is 65.7 Å². The molecular weight excluding hydrogens is 594 g/mol. The smallest absolute Gasteiger partial charge is 0.293 e. The molecule has 0 radical (unpaired) electrons. The number of fused-ring (bicyclic) bond motifs is 3. The first kappa shape index (κ1) is 29.1. The van der Waals surface area contributed by atoms with E-state index in [4.69, 9.17) is 0 Å². The number of hydrogen-bond acceptors (Lipinski definition) is 4. The number of carbonyl (C=O) groups is 1. The number of rotatable bonds is 9. The third-order valence-electron chi connectivity index (χ3n) is 7.82. The molecule has 224 valence electrons. The maximum Gasteiger partial charge on any atom is 0.293 e. The van der Waals surface area contributed by atoms with E-state index >= 15 is 8.78 Å². The Bertz CT molecular complexity index is 1720. The number of pyridine rings is 1. The van der Waals surface area contributed by atoms with Gasteiger partial charge in [-0.3, -0.25) is 18.7 Å². The molecule has 1 saturated carbocycles. The van der Waals surface area contributed by atoms with Crippen LogP contribution in [0.3, 0.4) is 0 Å². The van der Waals surface area contributed by atoms with E-state index in [0.717, 1.165) is 12.1 Å². The Morgan fingerprint density at radius 3 is 2.44 bits per heavy atom. The topological polar surface area (TPSA) is 76.9 Å². The zero-order chi connectivity index (χ0) is 30.6. The van der Waals surface area contributed by atoms with Gasteiger partial charge in [0.25, 0.3) is 12.3 Å². The lowest BCUT2D eigenvalue weighted by Crippen LogP contribution is -2.35. The summed E-state index contributed by atoms with van der Waals surface area (Å²) in [6.45, 7) is -0.780. The minimum Gasteiger partial charge on any atom is -0.346 e. The van der Waals surface area contributed by atoms with E-state index in [2.05, 4.69) is 15.4 Å². The van der Waals surface area contributed by atoms with Crippen LogP contribution in [0.1, 0.15) is 53.0 Å². The summed E-state index contributed by atoms with van der Waals surface area (Å²) in [5, 5.41) is 6.41. The molecule has 4 aromatic rings. The van der Waals surface area contributed by atoms with E-state index in [1.54, 1.807) is 36.4 Å². The number of amides is 1. The van der Waals surface area contributed by atoms with Crippen molar-refractivity contribution in [2.24, 2.45) is 5.92 Å². The zero-order valence-corrected chi connectivity index (χ0v) is 23.4. The van der Waals surface area contributed by atoms with Crippen molar-refractivity contribution in [3.05, 3.63) is 101 Å². The first-order valence-corrected chi connectivity index (χ1v) is 14.9. The highest BCUT2D eigenvalue weighted by molar-refractivity contribution is 7.84. The van der Waals surface area contributed by atoms with Crippen molar-refractivity contribution in [1.82, 2.24) is 20.1 Å². The molecule has 2 heterocycles. The van der Waals surface area contributed by atoms with Gasteiger partial charge in [-0.05, 0) is 60.2 Å². The summed E-state index contributed by atoms with van der Waals surface area (Å²) in [6, 6.07) is 12.0. The zero-order valence-electron chi connectivity index (χ0n) is 22.5. The van der Waals surface area contributed by atoms with Crippen molar-refractivity contribution < 1.29 is 35.3 Å². The van der Waals surface area contributed by atoms with Gasteiger partial charge in [-0.15, -0.1) is 0 Å². The van der Waals surface area contributed by atoms with Gasteiger partial charge in [0.15, 0.2) is 0 Å². The average molecular weight is 619 g/mol. The number of nitrogens with zero attached hydrogens (tertiary/aromatic N) is 3. The van der Waals surface area contributed by atoms with Crippen LogP contribution in [0, 0.1) is 17.6 Å². The first-order chi connectivity index (χ1) is 20.4. The normalized spacial score (nSPS) is 19.5. The number of carbonyl (C=O) groups excluding carboxylic acids is 1. The predicted octanol–water partition coefficient (Wildman–Crippen LogP) is 6.21. The van der Waals surface area contributed by atoms with Crippen molar-refractivity contribution in [2.75, 3.05) is 6.26 Å². The molecule has 1 fully saturated rings. The molecule has 2 aromatic heterocycles. The summed E-state index contributed by atoms with van der Waals surface area (Å²) < 4.78 is 98.1. The van der Waals surface area contributed by atoms with Crippen molar-refractivity contribution in [3.8, 4) is 11.1 Å². The summed E-state index contributed by atoms with van der Waals surface area (Å²) in [6.07, 6.45) is -0.145. The minimum atomic E-state index is -3.40. The predicted molar refractivity (Wildman–Crippen MR) is 145 cm³/mol. The van der Waals surface area contributed by atoms with Gasteiger partial charge in [0, 0.05) is 51.3 Å². The Morgan fingerprint density at radius 2 is 1.79 bits per heavy atom. The number of halogens is 6. The van der Waals surface area contributed by atoms with E-state index in [9.17, 15) is 26.6 Å². The molecule has 1 N–H and O–H groups in total. The Labute approximate surface area is 244 Å². The Morgan fingerprint density at radius 1 is 1.09 bits per heavy atom. The molecule has 0 aliphatic heterocycles. The molecule has 43 heavy (non-hydrogen) atoms. The molecule has 2 aliphatic carbocycles. The van der Waals surface area contributed by atoms with Gasteiger partial charge >= 0.3 is 0 Å². The maximum atomic E-state index is 15.0.